The zero-order chi connectivity index (χ0) is 28.4. The van der Waals surface area contributed by atoms with E-state index in [1.807, 2.05) is 37.3 Å². The summed E-state index contributed by atoms with van der Waals surface area (Å²) in [4.78, 5) is 24.8. The number of likely N-dealkylation sites (tertiary alicyclic amines) is 1. The van der Waals surface area contributed by atoms with Crippen molar-refractivity contribution in [1.29, 1.82) is 0 Å². The first-order valence-corrected chi connectivity index (χ1v) is 12.7. The molecule has 4 aromatic rings. The minimum atomic E-state index is -4.50. The maximum absolute atomic E-state index is 13.0. The fourth-order valence-corrected chi connectivity index (χ4v) is 4.48. The number of fused-ring (bicyclic) bond motifs is 1. The summed E-state index contributed by atoms with van der Waals surface area (Å²) in [7, 11) is 3.88. The summed E-state index contributed by atoms with van der Waals surface area (Å²) in [6, 6.07) is 7.97. The van der Waals surface area contributed by atoms with Crippen LogP contribution in [0.1, 0.15) is 17.0 Å². The van der Waals surface area contributed by atoms with Gasteiger partial charge in [0.05, 0.1) is 17.4 Å². The predicted molar refractivity (Wildman–Crippen MR) is 144 cm³/mol. The number of hydrogen-bond donors (Lipinski definition) is 1. The van der Waals surface area contributed by atoms with Crippen LogP contribution in [0.4, 0.5) is 24.7 Å². The van der Waals surface area contributed by atoms with Gasteiger partial charge in [-0.2, -0.15) is 18.3 Å². The summed E-state index contributed by atoms with van der Waals surface area (Å²) in [6.45, 7) is 1.85. The van der Waals surface area contributed by atoms with E-state index in [2.05, 4.69) is 20.4 Å². The van der Waals surface area contributed by atoms with Gasteiger partial charge in [-0.05, 0) is 50.0 Å². The number of nitrogens with zero attached hydrogens (tertiary/aromatic N) is 6. The van der Waals surface area contributed by atoms with Crippen LogP contribution in [0.3, 0.4) is 0 Å². The third kappa shape index (κ3) is 6.02. The molecule has 40 heavy (non-hydrogen) atoms. The van der Waals surface area contributed by atoms with Crippen LogP contribution in [0.25, 0.3) is 5.52 Å². The highest BCUT2D eigenvalue weighted by Crippen LogP contribution is 2.36. The molecule has 4 heterocycles. The lowest BCUT2D eigenvalue weighted by Gasteiger charge is -2.38. The zero-order valence-electron chi connectivity index (χ0n) is 21.6. The average Bonchev–Trinajstić information content (AvgIpc) is 3.29. The molecule has 1 saturated heterocycles. The van der Waals surface area contributed by atoms with Gasteiger partial charge in [0.25, 0.3) is 0 Å². The van der Waals surface area contributed by atoms with Crippen molar-refractivity contribution in [3.8, 4) is 11.6 Å². The van der Waals surface area contributed by atoms with Crippen LogP contribution in [0, 0.1) is 0 Å². The maximum atomic E-state index is 13.0. The van der Waals surface area contributed by atoms with Gasteiger partial charge in [-0.3, -0.25) is 4.79 Å². The Hall–Kier alpha value is -4.16. The van der Waals surface area contributed by atoms with Crippen molar-refractivity contribution in [3.05, 3.63) is 83.4 Å². The first-order chi connectivity index (χ1) is 19.1. The van der Waals surface area contributed by atoms with E-state index in [4.69, 9.17) is 16.3 Å². The molecule has 1 aromatic carbocycles. The van der Waals surface area contributed by atoms with E-state index in [0.29, 0.717) is 31.1 Å². The minimum Gasteiger partial charge on any atom is -0.438 e. The maximum Gasteiger partial charge on any atom is 0.416 e. The van der Waals surface area contributed by atoms with E-state index in [0.717, 1.165) is 23.2 Å². The van der Waals surface area contributed by atoms with Crippen molar-refractivity contribution in [2.75, 3.05) is 39.0 Å². The van der Waals surface area contributed by atoms with Crippen LogP contribution in [-0.2, 0) is 11.0 Å². The van der Waals surface area contributed by atoms with Gasteiger partial charge >= 0.3 is 6.18 Å². The molecule has 1 fully saturated rings. The number of carbonyl (C=O) groups is 1. The van der Waals surface area contributed by atoms with Crippen molar-refractivity contribution >= 4 is 34.5 Å². The number of anilines is 2. The van der Waals surface area contributed by atoms with Crippen molar-refractivity contribution in [1.82, 2.24) is 29.4 Å². The summed E-state index contributed by atoms with van der Waals surface area (Å²) in [5.74, 6) is 0.523. The van der Waals surface area contributed by atoms with Crippen molar-refractivity contribution in [2.24, 2.45) is 0 Å². The number of likely N-dealkylation sites (N-methyl/N-ethyl adjacent to an activating group) is 1. The standard InChI is InChI=1S/C27H25ClF3N7O2/c1-36(2)9-4-7-23(39)37-14-17(15-37)21-8-10-38-24(21)25(33-16-34-38)35-19-12-22(28)26(32-13-19)40-20-6-3-5-18(11-20)27(29,30)31/h3-8,10-13,16-17H,9,14-15H2,1-2H3,(H,33,34,35)/b7-4+. The predicted octanol–water partition coefficient (Wildman–Crippen LogP) is 5.38. The number of benzene rings is 1. The molecule has 1 aliphatic rings. The monoisotopic (exact) mass is 571 g/mol. The van der Waals surface area contributed by atoms with Gasteiger partial charge in [0.15, 0.2) is 5.82 Å². The van der Waals surface area contributed by atoms with Gasteiger partial charge < -0.3 is 19.9 Å². The normalized spacial score (nSPS) is 14.2. The first-order valence-electron chi connectivity index (χ1n) is 12.3. The second kappa shape index (κ2) is 11.1. The highest BCUT2D eigenvalue weighted by Gasteiger charge is 2.33. The van der Waals surface area contributed by atoms with Gasteiger partial charge in [0.1, 0.15) is 22.6 Å². The number of amides is 1. The molecule has 208 valence electrons. The molecule has 1 N–H and O–H groups in total. The second-order valence-corrected chi connectivity index (χ2v) is 9.95. The number of alkyl halides is 3. The summed E-state index contributed by atoms with van der Waals surface area (Å²) in [5.41, 5.74) is 1.40. The molecular formula is C27H25ClF3N7O2. The van der Waals surface area contributed by atoms with E-state index in [1.165, 1.54) is 24.7 Å². The fourth-order valence-electron chi connectivity index (χ4n) is 4.28. The average molecular weight is 572 g/mol. The Morgan fingerprint density at radius 3 is 2.75 bits per heavy atom. The molecule has 13 heteroatoms. The van der Waals surface area contributed by atoms with Crippen molar-refractivity contribution in [2.45, 2.75) is 12.1 Å². The van der Waals surface area contributed by atoms with Crippen LogP contribution in [0.5, 0.6) is 11.6 Å². The summed E-state index contributed by atoms with van der Waals surface area (Å²) >= 11 is 6.35. The van der Waals surface area contributed by atoms with Crippen molar-refractivity contribution in [3.63, 3.8) is 0 Å². The van der Waals surface area contributed by atoms with E-state index in [-0.39, 0.29) is 28.5 Å². The molecule has 3 aromatic heterocycles. The van der Waals surface area contributed by atoms with E-state index < -0.39 is 11.7 Å². The Kier molecular flexibility index (Phi) is 7.63. The van der Waals surface area contributed by atoms with Gasteiger partial charge in [-0.25, -0.2) is 14.5 Å². The number of carbonyl (C=O) groups excluding carboxylic acids is 1. The lowest BCUT2D eigenvalue weighted by Crippen LogP contribution is -2.47. The number of aromatic nitrogens is 4. The SMILES string of the molecule is CN(C)C/C=C/C(=O)N1CC(c2ccn3ncnc(Nc4cnc(Oc5cccc(C(F)(F)F)c5)c(Cl)c4)c23)C1. The number of rotatable bonds is 8. The number of halogens is 4. The molecule has 1 aliphatic heterocycles. The third-order valence-corrected chi connectivity index (χ3v) is 6.57. The molecule has 0 bridgehead atoms. The third-order valence-electron chi connectivity index (χ3n) is 6.30. The Labute approximate surface area is 232 Å². The lowest BCUT2D eigenvalue weighted by molar-refractivity contribution is -0.137. The molecule has 0 atom stereocenters. The van der Waals surface area contributed by atoms with Gasteiger partial charge in [-0.15, -0.1) is 0 Å². The highest BCUT2D eigenvalue weighted by molar-refractivity contribution is 6.32. The molecule has 9 nitrogen and oxygen atoms in total. The smallest absolute Gasteiger partial charge is 0.416 e. The quantitative estimate of drug-likeness (QED) is 0.284. The zero-order valence-corrected chi connectivity index (χ0v) is 22.3. The molecule has 0 spiro atoms. The van der Waals surface area contributed by atoms with Gasteiger partial charge in [0.2, 0.25) is 11.8 Å². The molecule has 0 saturated carbocycles. The minimum absolute atomic E-state index is 0.0237. The molecule has 5 rings (SSSR count). The number of ether oxygens (including phenoxy) is 1. The van der Waals surface area contributed by atoms with Gasteiger partial charge in [-0.1, -0.05) is 23.7 Å². The Morgan fingerprint density at radius 1 is 1.23 bits per heavy atom. The van der Waals surface area contributed by atoms with Crippen LogP contribution >= 0.6 is 11.6 Å². The van der Waals surface area contributed by atoms with Crippen LogP contribution in [0.15, 0.2) is 67.3 Å². The fraction of sp³-hybridized carbons (Fsp3) is 0.259. The summed E-state index contributed by atoms with van der Waals surface area (Å²) in [5, 5.41) is 7.57. The lowest BCUT2D eigenvalue weighted by atomic mass is 9.92. The molecule has 0 unspecified atom stereocenters. The largest absolute Gasteiger partial charge is 0.438 e. The first kappa shape index (κ1) is 27.4. The molecule has 0 aliphatic carbocycles. The molecule has 0 radical (unpaired) electrons. The molecular weight excluding hydrogens is 547 g/mol. The Balaban J connectivity index is 1.30. The van der Waals surface area contributed by atoms with E-state index in [1.54, 1.807) is 21.6 Å². The van der Waals surface area contributed by atoms with Crippen LogP contribution in [-0.4, -0.2) is 69.0 Å². The van der Waals surface area contributed by atoms with Crippen molar-refractivity contribution < 1.29 is 22.7 Å². The van der Waals surface area contributed by atoms with Crippen LogP contribution < -0.4 is 10.1 Å². The number of hydrogen-bond acceptors (Lipinski definition) is 7. The van der Waals surface area contributed by atoms with E-state index in [9.17, 15) is 18.0 Å². The topological polar surface area (TPSA) is 87.9 Å². The van der Waals surface area contributed by atoms with E-state index >= 15 is 0 Å². The number of pyridine rings is 1. The highest BCUT2D eigenvalue weighted by atomic mass is 35.5. The Morgan fingerprint density at radius 2 is 2.02 bits per heavy atom. The summed E-state index contributed by atoms with van der Waals surface area (Å²) < 4.78 is 46.3. The molecule has 1 amide bonds. The Bertz CT molecular complexity index is 1570. The second-order valence-electron chi connectivity index (χ2n) is 9.54. The van der Waals surface area contributed by atoms with Gasteiger partial charge in [0, 0.05) is 37.8 Å². The van der Waals surface area contributed by atoms with Crippen LogP contribution in [0.2, 0.25) is 5.02 Å². The number of nitrogens with one attached hydrogen (secondary N) is 1. The summed E-state index contributed by atoms with van der Waals surface area (Å²) in [6.07, 6.45) is 3.62.